The van der Waals surface area contributed by atoms with Crippen molar-refractivity contribution in [2.75, 3.05) is 13.1 Å². The van der Waals surface area contributed by atoms with E-state index in [9.17, 15) is 5.11 Å². The van der Waals surface area contributed by atoms with E-state index in [1.54, 1.807) is 0 Å². The third-order valence-electron chi connectivity index (χ3n) is 3.00. The van der Waals surface area contributed by atoms with E-state index in [0.717, 1.165) is 25.8 Å². The van der Waals surface area contributed by atoms with Crippen molar-refractivity contribution in [3.8, 4) is 6.07 Å². The minimum Gasteiger partial charge on any atom is -0.389 e. The van der Waals surface area contributed by atoms with Crippen LogP contribution >= 0.6 is 0 Å². The zero-order valence-corrected chi connectivity index (χ0v) is 8.45. The van der Waals surface area contributed by atoms with Crippen LogP contribution in [0.25, 0.3) is 0 Å². The SMILES string of the molecule is CCN(CC#N)C1CCCC1(C)O. The van der Waals surface area contributed by atoms with Crippen LogP contribution in [0, 0.1) is 11.3 Å². The first-order valence-corrected chi connectivity index (χ1v) is 4.95. The smallest absolute Gasteiger partial charge is 0.0869 e. The molecule has 1 fully saturated rings. The molecule has 0 aromatic rings. The van der Waals surface area contributed by atoms with Gasteiger partial charge in [-0.05, 0) is 32.7 Å². The number of hydrogen-bond donors (Lipinski definition) is 1. The van der Waals surface area contributed by atoms with Crippen molar-refractivity contribution in [3.05, 3.63) is 0 Å². The van der Waals surface area contributed by atoms with Crippen LogP contribution in [0.2, 0.25) is 0 Å². The van der Waals surface area contributed by atoms with Gasteiger partial charge >= 0.3 is 0 Å². The van der Waals surface area contributed by atoms with Gasteiger partial charge in [0.05, 0.1) is 18.2 Å². The van der Waals surface area contributed by atoms with E-state index in [1.807, 2.05) is 13.8 Å². The Morgan fingerprint density at radius 3 is 2.77 bits per heavy atom. The molecule has 3 heteroatoms. The molecule has 0 radical (unpaired) electrons. The van der Waals surface area contributed by atoms with Gasteiger partial charge in [-0.2, -0.15) is 5.26 Å². The Morgan fingerprint density at radius 2 is 2.38 bits per heavy atom. The molecule has 1 saturated carbocycles. The lowest BCUT2D eigenvalue weighted by Crippen LogP contribution is -2.47. The molecule has 0 spiro atoms. The summed E-state index contributed by atoms with van der Waals surface area (Å²) in [5.41, 5.74) is -0.590. The molecule has 0 aliphatic heterocycles. The maximum atomic E-state index is 10.0. The van der Waals surface area contributed by atoms with E-state index >= 15 is 0 Å². The molecule has 0 heterocycles. The lowest BCUT2D eigenvalue weighted by atomic mass is 9.99. The first-order chi connectivity index (χ1) is 6.11. The molecular formula is C10H18N2O. The predicted octanol–water partition coefficient (Wildman–Crippen LogP) is 1.14. The van der Waals surface area contributed by atoms with Crippen molar-refractivity contribution >= 4 is 0 Å². The van der Waals surface area contributed by atoms with Crippen molar-refractivity contribution in [3.63, 3.8) is 0 Å². The van der Waals surface area contributed by atoms with Gasteiger partial charge in [0.25, 0.3) is 0 Å². The molecule has 0 amide bonds. The molecule has 0 aromatic carbocycles. The second-order valence-electron chi connectivity index (χ2n) is 3.99. The normalized spacial score (nSPS) is 33.6. The molecule has 1 aliphatic carbocycles. The number of aliphatic hydroxyl groups is 1. The number of likely N-dealkylation sites (N-methyl/N-ethyl adjacent to an activating group) is 1. The minimum atomic E-state index is -0.590. The van der Waals surface area contributed by atoms with Crippen molar-refractivity contribution in [2.24, 2.45) is 0 Å². The summed E-state index contributed by atoms with van der Waals surface area (Å²) in [6, 6.07) is 2.33. The maximum Gasteiger partial charge on any atom is 0.0869 e. The number of rotatable bonds is 3. The topological polar surface area (TPSA) is 47.3 Å². The van der Waals surface area contributed by atoms with Crippen molar-refractivity contribution < 1.29 is 5.11 Å². The summed E-state index contributed by atoms with van der Waals surface area (Å²) in [5.74, 6) is 0. The van der Waals surface area contributed by atoms with Crippen LogP contribution in [0.1, 0.15) is 33.1 Å². The summed E-state index contributed by atoms with van der Waals surface area (Å²) >= 11 is 0. The van der Waals surface area contributed by atoms with E-state index in [4.69, 9.17) is 5.26 Å². The van der Waals surface area contributed by atoms with Crippen molar-refractivity contribution in [2.45, 2.75) is 44.8 Å². The largest absolute Gasteiger partial charge is 0.389 e. The van der Waals surface area contributed by atoms with Crippen LogP contribution in [0.4, 0.5) is 0 Å². The van der Waals surface area contributed by atoms with Gasteiger partial charge in [0.1, 0.15) is 0 Å². The highest BCUT2D eigenvalue weighted by molar-refractivity contribution is 4.96. The lowest BCUT2D eigenvalue weighted by molar-refractivity contribution is -0.00692. The summed E-state index contributed by atoms with van der Waals surface area (Å²) < 4.78 is 0. The van der Waals surface area contributed by atoms with E-state index < -0.39 is 5.60 Å². The summed E-state index contributed by atoms with van der Waals surface area (Å²) in [6.07, 6.45) is 2.95. The fourth-order valence-electron chi connectivity index (χ4n) is 2.24. The van der Waals surface area contributed by atoms with Gasteiger partial charge in [-0.25, -0.2) is 0 Å². The summed E-state index contributed by atoms with van der Waals surface area (Å²) in [4.78, 5) is 2.06. The van der Waals surface area contributed by atoms with Crippen LogP contribution in [-0.4, -0.2) is 34.7 Å². The first kappa shape index (κ1) is 10.5. The molecule has 2 unspecified atom stereocenters. The molecule has 1 aliphatic rings. The van der Waals surface area contributed by atoms with Gasteiger partial charge in [-0.15, -0.1) is 0 Å². The Labute approximate surface area is 80.0 Å². The average molecular weight is 182 g/mol. The van der Waals surface area contributed by atoms with Crippen LogP contribution < -0.4 is 0 Å². The zero-order valence-electron chi connectivity index (χ0n) is 8.45. The summed E-state index contributed by atoms with van der Waals surface area (Å²) in [6.45, 7) is 5.18. The van der Waals surface area contributed by atoms with Crippen LogP contribution in [0.5, 0.6) is 0 Å². The van der Waals surface area contributed by atoms with Crippen molar-refractivity contribution in [1.82, 2.24) is 4.90 Å². The Balaban J connectivity index is 2.63. The maximum absolute atomic E-state index is 10.0. The Morgan fingerprint density at radius 1 is 1.69 bits per heavy atom. The fourth-order valence-corrected chi connectivity index (χ4v) is 2.24. The Kier molecular flexibility index (Phi) is 3.29. The highest BCUT2D eigenvalue weighted by atomic mass is 16.3. The highest BCUT2D eigenvalue weighted by Gasteiger charge is 2.39. The van der Waals surface area contributed by atoms with E-state index in [1.165, 1.54) is 0 Å². The molecule has 0 aromatic heterocycles. The molecule has 3 nitrogen and oxygen atoms in total. The summed E-state index contributed by atoms with van der Waals surface area (Å²) in [5, 5.41) is 18.7. The van der Waals surface area contributed by atoms with Crippen LogP contribution in [0.3, 0.4) is 0 Å². The van der Waals surface area contributed by atoms with E-state index in [0.29, 0.717) is 6.54 Å². The Bertz CT molecular complexity index is 207. The van der Waals surface area contributed by atoms with Crippen molar-refractivity contribution in [1.29, 1.82) is 5.26 Å². The van der Waals surface area contributed by atoms with Crippen LogP contribution in [0.15, 0.2) is 0 Å². The fraction of sp³-hybridized carbons (Fsp3) is 0.900. The molecular weight excluding hydrogens is 164 g/mol. The third-order valence-corrected chi connectivity index (χ3v) is 3.00. The second kappa shape index (κ2) is 4.08. The van der Waals surface area contributed by atoms with E-state index in [2.05, 4.69) is 11.0 Å². The quantitative estimate of drug-likeness (QED) is 0.666. The predicted molar refractivity (Wildman–Crippen MR) is 51.1 cm³/mol. The number of hydrogen-bond acceptors (Lipinski definition) is 3. The molecule has 0 saturated heterocycles. The Hall–Kier alpha value is -0.590. The van der Waals surface area contributed by atoms with Gasteiger partial charge in [0.2, 0.25) is 0 Å². The van der Waals surface area contributed by atoms with Gasteiger partial charge in [-0.3, -0.25) is 4.90 Å². The van der Waals surface area contributed by atoms with Crippen LogP contribution in [-0.2, 0) is 0 Å². The molecule has 13 heavy (non-hydrogen) atoms. The lowest BCUT2D eigenvalue weighted by Gasteiger charge is -2.34. The molecule has 1 rings (SSSR count). The van der Waals surface area contributed by atoms with Gasteiger partial charge in [0, 0.05) is 6.04 Å². The summed E-state index contributed by atoms with van der Waals surface area (Å²) in [7, 11) is 0. The number of nitriles is 1. The molecule has 74 valence electrons. The third kappa shape index (κ3) is 2.20. The zero-order chi connectivity index (χ0) is 9.90. The van der Waals surface area contributed by atoms with Gasteiger partial charge in [0.15, 0.2) is 0 Å². The molecule has 2 atom stereocenters. The van der Waals surface area contributed by atoms with Gasteiger partial charge < -0.3 is 5.11 Å². The minimum absolute atomic E-state index is 0.178. The molecule has 1 N–H and O–H groups in total. The standard InChI is InChI=1S/C10H18N2O/c1-3-12(8-7-11)9-5-4-6-10(9,2)13/h9,13H,3-6,8H2,1-2H3. The molecule has 0 bridgehead atoms. The second-order valence-corrected chi connectivity index (χ2v) is 3.99. The van der Waals surface area contributed by atoms with Gasteiger partial charge in [-0.1, -0.05) is 6.92 Å². The van der Waals surface area contributed by atoms with E-state index in [-0.39, 0.29) is 6.04 Å². The number of nitrogens with zero attached hydrogens (tertiary/aromatic N) is 2. The highest BCUT2D eigenvalue weighted by Crippen LogP contribution is 2.33. The monoisotopic (exact) mass is 182 g/mol. The first-order valence-electron chi connectivity index (χ1n) is 4.95. The average Bonchev–Trinajstić information content (AvgIpc) is 2.41.